The van der Waals surface area contributed by atoms with Gasteiger partial charge in [-0.15, -0.1) is 0 Å². The van der Waals surface area contributed by atoms with Crippen LogP contribution in [0.25, 0.3) is 0 Å². The van der Waals surface area contributed by atoms with Gasteiger partial charge < -0.3 is 15.5 Å². The van der Waals surface area contributed by atoms with Crippen molar-refractivity contribution < 1.29 is 22.8 Å². The summed E-state index contributed by atoms with van der Waals surface area (Å²) in [6.07, 6.45) is -4.53. The zero-order valence-corrected chi connectivity index (χ0v) is 17.2. The molecule has 1 aromatic heterocycles. The maximum atomic E-state index is 12.8. The summed E-state index contributed by atoms with van der Waals surface area (Å²) in [5, 5.41) is 8.82. The Bertz CT molecular complexity index is 865. The van der Waals surface area contributed by atoms with Crippen LogP contribution in [0.15, 0.2) is 41.1 Å². The molecule has 0 unspecified atom stereocenters. The van der Waals surface area contributed by atoms with Crippen molar-refractivity contribution in [2.24, 2.45) is 0 Å². The maximum absolute atomic E-state index is 12.8. The molecule has 1 atom stereocenters. The van der Waals surface area contributed by atoms with Crippen LogP contribution in [0.3, 0.4) is 0 Å². The van der Waals surface area contributed by atoms with E-state index in [0.717, 1.165) is 43.9 Å². The Morgan fingerprint density at radius 3 is 2.50 bits per heavy atom. The van der Waals surface area contributed by atoms with E-state index in [9.17, 15) is 22.8 Å². The van der Waals surface area contributed by atoms with Crippen LogP contribution in [0.2, 0.25) is 0 Å². The van der Waals surface area contributed by atoms with Gasteiger partial charge in [0.2, 0.25) is 0 Å². The van der Waals surface area contributed by atoms with Crippen molar-refractivity contribution in [2.45, 2.75) is 12.2 Å². The van der Waals surface area contributed by atoms with Crippen LogP contribution in [0.4, 0.5) is 18.9 Å². The lowest BCUT2D eigenvalue weighted by Gasteiger charge is -2.37. The largest absolute Gasteiger partial charge is 0.416 e. The summed E-state index contributed by atoms with van der Waals surface area (Å²) < 4.78 is 38.4. The molecule has 1 aromatic carbocycles. The van der Waals surface area contributed by atoms with E-state index in [-0.39, 0.29) is 18.3 Å². The minimum absolute atomic E-state index is 0.0738. The van der Waals surface area contributed by atoms with Gasteiger partial charge in [-0.2, -0.15) is 24.5 Å². The summed E-state index contributed by atoms with van der Waals surface area (Å²) in [6, 6.07) is 6.09. The van der Waals surface area contributed by atoms with Crippen LogP contribution in [0.5, 0.6) is 0 Å². The molecule has 1 saturated heterocycles. The highest BCUT2D eigenvalue weighted by Crippen LogP contribution is 2.30. The third-order valence-corrected chi connectivity index (χ3v) is 5.72. The van der Waals surface area contributed by atoms with Gasteiger partial charge >= 0.3 is 18.0 Å². The summed E-state index contributed by atoms with van der Waals surface area (Å²) >= 11 is 1.56. The molecule has 1 aliphatic rings. The van der Waals surface area contributed by atoms with Gasteiger partial charge in [0.15, 0.2) is 0 Å². The van der Waals surface area contributed by atoms with Gasteiger partial charge in [-0.3, -0.25) is 14.5 Å². The number of anilines is 1. The SMILES string of the molecule is CN1CCN([C@@H](CNC(=O)C(=O)Nc2cccc(C(F)(F)F)c2)c2ccsc2)CC1. The van der Waals surface area contributed by atoms with Crippen molar-refractivity contribution in [3.63, 3.8) is 0 Å². The molecule has 0 spiro atoms. The number of nitrogens with zero attached hydrogens (tertiary/aromatic N) is 2. The van der Waals surface area contributed by atoms with Crippen molar-refractivity contribution >= 4 is 28.8 Å². The van der Waals surface area contributed by atoms with Crippen LogP contribution in [-0.2, 0) is 15.8 Å². The number of hydrogen-bond acceptors (Lipinski definition) is 5. The molecule has 10 heteroatoms. The fourth-order valence-electron chi connectivity index (χ4n) is 3.29. The van der Waals surface area contributed by atoms with E-state index in [4.69, 9.17) is 0 Å². The number of carbonyl (C=O) groups excluding carboxylic acids is 2. The summed E-state index contributed by atoms with van der Waals surface area (Å²) in [4.78, 5) is 28.9. The van der Waals surface area contributed by atoms with Crippen molar-refractivity contribution in [3.05, 3.63) is 52.2 Å². The predicted octanol–water partition coefficient (Wildman–Crippen LogP) is 2.81. The van der Waals surface area contributed by atoms with Gasteiger partial charge in [0.1, 0.15) is 0 Å². The van der Waals surface area contributed by atoms with E-state index in [1.54, 1.807) is 11.3 Å². The van der Waals surface area contributed by atoms with Crippen LogP contribution < -0.4 is 10.6 Å². The second-order valence-corrected chi connectivity index (χ2v) is 7.93. The number of hydrogen-bond donors (Lipinski definition) is 2. The Morgan fingerprint density at radius 1 is 1.13 bits per heavy atom. The van der Waals surface area contributed by atoms with Crippen molar-refractivity contribution in [2.75, 3.05) is 45.1 Å². The van der Waals surface area contributed by atoms with Gasteiger partial charge in [0, 0.05) is 38.4 Å². The predicted molar refractivity (Wildman–Crippen MR) is 109 cm³/mol. The Kier molecular flexibility index (Phi) is 7.11. The molecule has 0 radical (unpaired) electrons. The van der Waals surface area contributed by atoms with Crippen molar-refractivity contribution in [1.82, 2.24) is 15.1 Å². The third-order valence-electron chi connectivity index (χ3n) is 5.02. The molecule has 2 heterocycles. The Hall–Kier alpha value is -2.43. The molecule has 30 heavy (non-hydrogen) atoms. The fraction of sp³-hybridized carbons (Fsp3) is 0.400. The number of carbonyl (C=O) groups is 2. The minimum atomic E-state index is -4.53. The molecule has 0 saturated carbocycles. The molecule has 2 aromatic rings. The molecule has 2 N–H and O–H groups in total. The second-order valence-electron chi connectivity index (χ2n) is 7.15. The Morgan fingerprint density at radius 2 is 1.87 bits per heavy atom. The van der Waals surface area contributed by atoms with E-state index in [1.807, 2.05) is 16.8 Å². The first-order chi connectivity index (χ1) is 14.2. The molecular weight excluding hydrogens is 417 g/mol. The van der Waals surface area contributed by atoms with Gasteiger partial charge in [-0.25, -0.2) is 0 Å². The normalized spacial score (nSPS) is 16.8. The molecule has 3 rings (SSSR count). The Balaban J connectivity index is 1.60. The van der Waals surface area contributed by atoms with Crippen LogP contribution in [0.1, 0.15) is 17.2 Å². The smallest absolute Gasteiger partial charge is 0.346 e. The summed E-state index contributed by atoms with van der Waals surface area (Å²) in [7, 11) is 2.05. The van der Waals surface area contributed by atoms with E-state index in [0.29, 0.717) is 0 Å². The number of alkyl halides is 3. The summed E-state index contributed by atoms with van der Waals surface area (Å²) in [6.45, 7) is 3.72. The minimum Gasteiger partial charge on any atom is -0.346 e. The average molecular weight is 440 g/mol. The number of nitrogens with one attached hydrogen (secondary N) is 2. The third kappa shape index (κ3) is 5.80. The molecule has 2 amide bonds. The number of thiophene rings is 1. The molecule has 0 bridgehead atoms. The zero-order valence-electron chi connectivity index (χ0n) is 16.4. The first kappa shape index (κ1) is 22.3. The monoisotopic (exact) mass is 440 g/mol. The van der Waals surface area contributed by atoms with Crippen molar-refractivity contribution in [3.8, 4) is 0 Å². The van der Waals surface area contributed by atoms with Crippen LogP contribution in [-0.4, -0.2) is 61.4 Å². The second kappa shape index (κ2) is 9.59. The van der Waals surface area contributed by atoms with E-state index in [1.165, 1.54) is 12.1 Å². The van der Waals surface area contributed by atoms with Crippen LogP contribution in [0, 0.1) is 0 Å². The number of amides is 2. The molecule has 6 nitrogen and oxygen atoms in total. The lowest BCUT2D eigenvalue weighted by Crippen LogP contribution is -2.49. The van der Waals surface area contributed by atoms with Gasteiger partial charge in [0.05, 0.1) is 11.6 Å². The highest BCUT2D eigenvalue weighted by molar-refractivity contribution is 7.08. The highest BCUT2D eigenvalue weighted by Gasteiger charge is 2.31. The molecule has 162 valence electrons. The number of halogens is 3. The number of likely N-dealkylation sites (N-methyl/N-ethyl adjacent to an activating group) is 1. The first-order valence-electron chi connectivity index (χ1n) is 9.45. The van der Waals surface area contributed by atoms with Crippen LogP contribution >= 0.6 is 11.3 Å². The standard InChI is InChI=1S/C20H23F3N4O2S/c1-26-6-8-27(9-7-26)17(14-5-10-30-13-14)12-24-18(28)19(29)25-16-4-2-3-15(11-16)20(21,22)23/h2-5,10-11,13,17H,6-9,12H2,1H3,(H,24,28)(H,25,29)/t17-/m0/s1. The first-order valence-corrected chi connectivity index (χ1v) is 10.4. The van der Waals surface area contributed by atoms with Gasteiger partial charge in [-0.05, 0) is 47.6 Å². The Labute approximate surface area is 176 Å². The average Bonchev–Trinajstić information content (AvgIpc) is 3.23. The molecular formula is C20H23F3N4O2S. The number of piperazine rings is 1. The lowest BCUT2D eigenvalue weighted by atomic mass is 10.1. The lowest BCUT2D eigenvalue weighted by molar-refractivity contribution is -0.137. The van der Waals surface area contributed by atoms with E-state index < -0.39 is 23.6 Å². The molecule has 1 fully saturated rings. The zero-order chi connectivity index (χ0) is 21.7. The summed E-state index contributed by atoms with van der Waals surface area (Å²) in [5.41, 5.74) is 0.0786. The quantitative estimate of drug-likeness (QED) is 0.702. The highest BCUT2D eigenvalue weighted by atomic mass is 32.1. The number of benzene rings is 1. The van der Waals surface area contributed by atoms with E-state index in [2.05, 4.69) is 27.5 Å². The van der Waals surface area contributed by atoms with Gasteiger partial charge in [0.25, 0.3) is 0 Å². The topological polar surface area (TPSA) is 64.7 Å². The maximum Gasteiger partial charge on any atom is 0.416 e. The van der Waals surface area contributed by atoms with E-state index >= 15 is 0 Å². The van der Waals surface area contributed by atoms with Crippen molar-refractivity contribution in [1.29, 1.82) is 0 Å². The molecule has 1 aliphatic heterocycles. The number of rotatable bonds is 5. The molecule has 0 aliphatic carbocycles. The van der Waals surface area contributed by atoms with Gasteiger partial charge in [-0.1, -0.05) is 6.07 Å². The fourth-order valence-corrected chi connectivity index (χ4v) is 3.99. The summed E-state index contributed by atoms with van der Waals surface area (Å²) in [5.74, 6) is -1.89.